The third kappa shape index (κ3) is 4.18. The number of aromatic nitrogens is 2. The Morgan fingerprint density at radius 3 is 2.72 bits per heavy atom. The van der Waals surface area contributed by atoms with E-state index in [1.54, 1.807) is 10.9 Å². The summed E-state index contributed by atoms with van der Waals surface area (Å²) in [6.45, 7) is 4.32. The Kier molecular flexibility index (Phi) is 5.36. The van der Waals surface area contributed by atoms with Crippen LogP contribution in [0.1, 0.15) is 63.7 Å². The summed E-state index contributed by atoms with van der Waals surface area (Å²) in [5, 5.41) is 8.84. The molecule has 1 atom stereocenters. The lowest BCUT2D eigenvalue weighted by Gasteiger charge is -2.26. The Balaban J connectivity index is 1.71. The first-order valence-corrected chi connectivity index (χ1v) is 9.01. The van der Waals surface area contributed by atoms with Gasteiger partial charge in [-0.05, 0) is 46.0 Å². The van der Waals surface area contributed by atoms with Crippen molar-refractivity contribution < 1.29 is 9.18 Å². The Morgan fingerprint density at radius 2 is 2.04 bits per heavy atom. The lowest BCUT2D eigenvalue weighted by atomic mass is 9.94. The standard InChI is InChI=1S/C17H26FN5O2/c1-11(2)19-17(25)23-9-7-14(20-23)16-15(24)8-10-22(21-16)13-5-3-12(18)4-6-13/h8,10-14,20H,3-7,9H2,1-2H3,(H,19,25). The van der Waals surface area contributed by atoms with E-state index >= 15 is 0 Å². The van der Waals surface area contributed by atoms with Crippen molar-refractivity contribution >= 4 is 6.03 Å². The second kappa shape index (κ2) is 7.51. The van der Waals surface area contributed by atoms with E-state index in [1.165, 1.54) is 11.1 Å². The third-order valence-corrected chi connectivity index (χ3v) is 4.80. The van der Waals surface area contributed by atoms with Gasteiger partial charge in [0, 0.05) is 24.8 Å². The summed E-state index contributed by atoms with van der Waals surface area (Å²) in [7, 11) is 0. The molecule has 8 heteroatoms. The number of hydrogen-bond donors (Lipinski definition) is 2. The zero-order valence-corrected chi connectivity index (χ0v) is 14.7. The van der Waals surface area contributed by atoms with Crippen LogP contribution < -0.4 is 16.2 Å². The van der Waals surface area contributed by atoms with Gasteiger partial charge in [0.1, 0.15) is 11.9 Å². The zero-order chi connectivity index (χ0) is 18.0. The molecule has 0 aromatic carbocycles. The molecule has 1 aromatic heterocycles. The number of nitrogens with zero attached hydrogens (tertiary/aromatic N) is 3. The molecule has 0 bridgehead atoms. The molecule has 1 aromatic rings. The van der Waals surface area contributed by atoms with Crippen molar-refractivity contribution in [3.05, 3.63) is 28.2 Å². The molecule has 2 fully saturated rings. The summed E-state index contributed by atoms with van der Waals surface area (Å²) in [6, 6.07) is 1.21. The first-order chi connectivity index (χ1) is 11.9. The minimum atomic E-state index is -0.723. The molecule has 3 rings (SSSR count). The Morgan fingerprint density at radius 1 is 1.32 bits per heavy atom. The number of nitrogens with one attached hydrogen (secondary N) is 2. The van der Waals surface area contributed by atoms with Gasteiger partial charge in [-0.3, -0.25) is 14.5 Å². The summed E-state index contributed by atoms with van der Waals surface area (Å²) in [5.74, 6) is 0. The third-order valence-electron chi connectivity index (χ3n) is 4.80. The summed E-state index contributed by atoms with van der Waals surface area (Å²) in [6.07, 6.45) is 4.15. The van der Waals surface area contributed by atoms with Gasteiger partial charge in [0.15, 0.2) is 0 Å². The number of hydrogen-bond acceptors (Lipinski definition) is 4. The van der Waals surface area contributed by atoms with Gasteiger partial charge >= 0.3 is 6.03 Å². The van der Waals surface area contributed by atoms with Crippen LogP contribution in [0.25, 0.3) is 0 Å². The molecule has 1 aliphatic heterocycles. The van der Waals surface area contributed by atoms with E-state index in [4.69, 9.17) is 0 Å². The number of carbonyl (C=O) groups excluding carboxylic acids is 1. The molecular weight excluding hydrogens is 325 g/mol. The molecule has 0 radical (unpaired) electrons. The molecule has 1 saturated carbocycles. The fraction of sp³-hybridized carbons (Fsp3) is 0.706. The van der Waals surface area contributed by atoms with Gasteiger partial charge < -0.3 is 5.32 Å². The largest absolute Gasteiger partial charge is 0.335 e. The molecule has 1 saturated heterocycles. The molecular formula is C17H26FN5O2. The number of carbonyl (C=O) groups is 1. The van der Waals surface area contributed by atoms with E-state index < -0.39 is 6.17 Å². The quantitative estimate of drug-likeness (QED) is 0.874. The maximum absolute atomic E-state index is 13.3. The van der Waals surface area contributed by atoms with Gasteiger partial charge in [0.25, 0.3) is 0 Å². The van der Waals surface area contributed by atoms with E-state index in [1.807, 2.05) is 13.8 Å². The van der Waals surface area contributed by atoms with Crippen molar-refractivity contribution in [3.8, 4) is 0 Å². The van der Waals surface area contributed by atoms with Gasteiger partial charge in [-0.25, -0.2) is 14.6 Å². The predicted molar refractivity (Wildman–Crippen MR) is 91.8 cm³/mol. The smallest absolute Gasteiger partial charge is 0.331 e. The topological polar surface area (TPSA) is 79.3 Å². The van der Waals surface area contributed by atoms with Crippen LogP contribution >= 0.6 is 0 Å². The van der Waals surface area contributed by atoms with Gasteiger partial charge in [-0.15, -0.1) is 0 Å². The molecule has 2 N–H and O–H groups in total. The Hall–Kier alpha value is -1.96. The van der Waals surface area contributed by atoms with Crippen LogP contribution in [-0.4, -0.2) is 39.6 Å². The van der Waals surface area contributed by atoms with Crippen LogP contribution in [0.3, 0.4) is 0 Å². The van der Waals surface area contributed by atoms with Crippen molar-refractivity contribution in [2.24, 2.45) is 0 Å². The lowest BCUT2D eigenvalue weighted by Crippen LogP contribution is -2.47. The minimum Gasteiger partial charge on any atom is -0.335 e. The SMILES string of the molecule is CC(C)NC(=O)N1CCC(c2nn(C3CCC(F)CC3)ccc2=O)N1. The molecule has 2 amide bonds. The molecule has 2 heterocycles. The number of halogens is 1. The van der Waals surface area contributed by atoms with E-state index in [2.05, 4.69) is 15.8 Å². The van der Waals surface area contributed by atoms with Crippen LogP contribution in [0.5, 0.6) is 0 Å². The van der Waals surface area contributed by atoms with Gasteiger partial charge in [0.05, 0.1) is 12.1 Å². The van der Waals surface area contributed by atoms with Crippen molar-refractivity contribution in [3.63, 3.8) is 0 Å². The highest BCUT2D eigenvalue weighted by molar-refractivity contribution is 5.74. The van der Waals surface area contributed by atoms with Crippen molar-refractivity contribution in [1.29, 1.82) is 0 Å². The fourth-order valence-corrected chi connectivity index (χ4v) is 3.44. The zero-order valence-electron chi connectivity index (χ0n) is 14.7. The van der Waals surface area contributed by atoms with Crippen LogP contribution in [0, 0.1) is 0 Å². The molecule has 1 unspecified atom stereocenters. The lowest BCUT2D eigenvalue weighted by molar-refractivity contribution is 0.183. The van der Waals surface area contributed by atoms with Crippen molar-refractivity contribution in [2.75, 3.05) is 6.54 Å². The number of alkyl halides is 1. The second-order valence-corrected chi connectivity index (χ2v) is 7.18. The Bertz CT molecular complexity index is 669. The van der Waals surface area contributed by atoms with Crippen LogP contribution in [0.2, 0.25) is 0 Å². The highest BCUT2D eigenvalue weighted by Gasteiger charge is 2.30. The first-order valence-electron chi connectivity index (χ1n) is 9.01. The highest BCUT2D eigenvalue weighted by Crippen LogP contribution is 2.29. The predicted octanol–water partition coefficient (Wildman–Crippen LogP) is 2.07. The van der Waals surface area contributed by atoms with E-state index in [0.717, 1.165) is 12.8 Å². The van der Waals surface area contributed by atoms with E-state index in [0.29, 0.717) is 31.5 Å². The number of amides is 2. The molecule has 1 aliphatic carbocycles. The monoisotopic (exact) mass is 351 g/mol. The normalized spacial score (nSPS) is 26.9. The number of rotatable bonds is 3. The summed E-state index contributed by atoms with van der Waals surface area (Å²) in [5.41, 5.74) is 3.36. The Labute approximate surface area is 146 Å². The molecule has 25 heavy (non-hydrogen) atoms. The summed E-state index contributed by atoms with van der Waals surface area (Å²) in [4.78, 5) is 24.3. The van der Waals surface area contributed by atoms with Crippen LogP contribution in [0.4, 0.5) is 9.18 Å². The molecule has 7 nitrogen and oxygen atoms in total. The summed E-state index contributed by atoms with van der Waals surface area (Å²) >= 11 is 0. The average molecular weight is 351 g/mol. The van der Waals surface area contributed by atoms with Gasteiger partial charge in [-0.1, -0.05) is 0 Å². The average Bonchev–Trinajstić information content (AvgIpc) is 3.05. The molecule has 2 aliphatic rings. The molecule has 0 spiro atoms. The van der Waals surface area contributed by atoms with Crippen LogP contribution in [-0.2, 0) is 0 Å². The number of urea groups is 1. The fourth-order valence-electron chi connectivity index (χ4n) is 3.44. The van der Waals surface area contributed by atoms with Gasteiger partial charge in [-0.2, -0.15) is 5.10 Å². The first kappa shape index (κ1) is 17.8. The minimum absolute atomic E-state index is 0.0473. The molecule has 138 valence electrons. The van der Waals surface area contributed by atoms with Gasteiger partial charge in [0.2, 0.25) is 5.43 Å². The van der Waals surface area contributed by atoms with E-state index in [-0.39, 0.29) is 29.6 Å². The summed E-state index contributed by atoms with van der Waals surface area (Å²) < 4.78 is 15.1. The second-order valence-electron chi connectivity index (χ2n) is 7.18. The maximum atomic E-state index is 13.3. The van der Waals surface area contributed by atoms with Crippen molar-refractivity contribution in [1.82, 2.24) is 25.5 Å². The maximum Gasteiger partial charge on any atom is 0.331 e. The van der Waals surface area contributed by atoms with Crippen LogP contribution in [0.15, 0.2) is 17.1 Å². The van der Waals surface area contributed by atoms with E-state index in [9.17, 15) is 14.0 Å². The highest BCUT2D eigenvalue weighted by atomic mass is 19.1. The number of hydrazine groups is 1. The van der Waals surface area contributed by atoms with Crippen molar-refractivity contribution in [2.45, 2.75) is 70.2 Å².